The molecule has 6 heteroatoms. The van der Waals surface area contributed by atoms with Crippen molar-refractivity contribution in [1.82, 2.24) is 14.8 Å². The van der Waals surface area contributed by atoms with Crippen molar-refractivity contribution < 1.29 is 9.59 Å². The number of hydrogen-bond donors (Lipinski definition) is 0. The number of carbonyl (C=O) groups is 2. The number of nitrogens with zero attached hydrogens (tertiary/aromatic N) is 3. The number of aromatic nitrogens is 1. The van der Waals surface area contributed by atoms with Crippen LogP contribution in [0.15, 0.2) is 18.2 Å². The van der Waals surface area contributed by atoms with Crippen molar-refractivity contribution >= 4 is 33.4 Å². The van der Waals surface area contributed by atoms with Crippen LogP contribution in [0.2, 0.25) is 0 Å². The Labute approximate surface area is 151 Å². The number of piperidine rings is 1. The first-order valence-corrected chi connectivity index (χ1v) is 9.92. The molecule has 1 aromatic carbocycles. The first kappa shape index (κ1) is 16.5. The van der Waals surface area contributed by atoms with Crippen LogP contribution < -0.4 is 0 Å². The van der Waals surface area contributed by atoms with E-state index in [9.17, 15) is 9.59 Å². The molecule has 2 saturated heterocycles. The zero-order valence-corrected chi connectivity index (χ0v) is 15.3. The van der Waals surface area contributed by atoms with E-state index in [4.69, 9.17) is 0 Å². The van der Waals surface area contributed by atoms with E-state index in [0.717, 1.165) is 54.0 Å². The molecule has 1 aromatic heterocycles. The molecule has 0 unspecified atom stereocenters. The van der Waals surface area contributed by atoms with Crippen LogP contribution in [-0.2, 0) is 4.79 Å². The number of aryl methyl sites for hydroxylation is 1. The summed E-state index contributed by atoms with van der Waals surface area (Å²) < 4.78 is 1.03. The molecule has 5 nitrogen and oxygen atoms in total. The topological polar surface area (TPSA) is 53.5 Å². The Morgan fingerprint density at radius 3 is 2.72 bits per heavy atom. The van der Waals surface area contributed by atoms with Gasteiger partial charge < -0.3 is 9.80 Å². The molecule has 25 heavy (non-hydrogen) atoms. The summed E-state index contributed by atoms with van der Waals surface area (Å²) >= 11 is 1.60. The molecule has 0 bridgehead atoms. The lowest BCUT2D eigenvalue weighted by atomic mass is 10.1. The molecular weight excluding hydrogens is 334 g/mol. The molecule has 4 rings (SSSR count). The lowest BCUT2D eigenvalue weighted by molar-refractivity contribution is -0.136. The van der Waals surface area contributed by atoms with Gasteiger partial charge in [0.05, 0.1) is 15.2 Å². The fourth-order valence-electron chi connectivity index (χ4n) is 3.93. The summed E-state index contributed by atoms with van der Waals surface area (Å²) in [6.07, 6.45) is 5.04. The molecule has 3 heterocycles. The van der Waals surface area contributed by atoms with Gasteiger partial charge in [-0.2, -0.15) is 0 Å². The number of benzene rings is 1. The van der Waals surface area contributed by atoms with Crippen molar-refractivity contribution in [2.24, 2.45) is 0 Å². The second-order valence-electron chi connectivity index (χ2n) is 6.96. The van der Waals surface area contributed by atoms with Gasteiger partial charge >= 0.3 is 0 Å². The average Bonchev–Trinajstić information content (AvgIpc) is 3.26. The molecule has 2 amide bonds. The van der Waals surface area contributed by atoms with Gasteiger partial charge in [-0.05, 0) is 57.2 Å². The van der Waals surface area contributed by atoms with Crippen LogP contribution in [0.3, 0.4) is 0 Å². The van der Waals surface area contributed by atoms with Crippen LogP contribution in [0, 0.1) is 6.92 Å². The summed E-state index contributed by atoms with van der Waals surface area (Å²) in [6.45, 7) is 4.32. The third-order valence-corrected chi connectivity index (χ3v) is 6.14. The minimum atomic E-state index is -0.288. The standard InChI is InChI=1S/C19H23N3O2S/c1-13-20-15-8-7-14(12-17(15)25-13)18(23)22-11-5-6-16(22)19(24)21-9-3-2-4-10-21/h7-8,12,16H,2-6,9-11H2,1H3/t16-/m0/s1. The van der Waals surface area contributed by atoms with Gasteiger partial charge in [-0.15, -0.1) is 11.3 Å². The molecule has 0 radical (unpaired) electrons. The number of hydrogen-bond acceptors (Lipinski definition) is 4. The Hall–Kier alpha value is -1.95. The van der Waals surface area contributed by atoms with Gasteiger partial charge in [0.1, 0.15) is 6.04 Å². The van der Waals surface area contributed by atoms with Gasteiger partial charge in [-0.3, -0.25) is 9.59 Å². The van der Waals surface area contributed by atoms with Crippen LogP contribution in [0.1, 0.15) is 47.5 Å². The van der Waals surface area contributed by atoms with Crippen LogP contribution in [-0.4, -0.2) is 52.3 Å². The van der Waals surface area contributed by atoms with E-state index in [0.29, 0.717) is 12.1 Å². The maximum absolute atomic E-state index is 13.0. The van der Waals surface area contributed by atoms with Crippen molar-refractivity contribution in [3.05, 3.63) is 28.8 Å². The normalized spacial score (nSPS) is 21.1. The van der Waals surface area contributed by atoms with Gasteiger partial charge in [0, 0.05) is 25.2 Å². The average molecular weight is 357 g/mol. The van der Waals surface area contributed by atoms with Crippen LogP contribution in [0.5, 0.6) is 0 Å². The zero-order chi connectivity index (χ0) is 17.4. The molecule has 2 aliphatic heterocycles. The van der Waals surface area contributed by atoms with Crippen LogP contribution in [0.4, 0.5) is 0 Å². The Morgan fingerprint density at radius 1 is 1.12 bits per heavy atom. The number of thiazole rings is 1. The maximum Gasteiger partial charge on any atom is 0.254 e. The summed E-state index contributed by atoms with van der Waals surface area (Å²) in [5.41, 5.74) is 1.59. The minimum Gasteiger partial charge on any atom is -0.341 e. The first-order valence-electron chi connectivity index (χ1n) is 9.10. The highest BCUT2D eigenvalue weighted by Gasteiger charge is 2.37. The molecule has 0 saturated carbocycles. The SMILES string of the molecule is Cc1nc2ccc(C(=O)N3CCC[C@H]3C(=O)N3CCCCC3)cc2s1. The van der Waals surface area contributed by atoms with Crippen molar-refractivity contribution in [3.8, 4) is 0 Å². The van der Waals surface area contributed by atoms with Crippen molar-refractivity contribution in [1.29, 1.82) is 0 Å². The van der Waals surface area contributed by atoms with E-state index in [2.05, 4.69) is 4.98 Å². The number of likely N-dealkylation sites (tertiary alicyclic amines) is 2. The molecule has 0 aliphatic carbocycles. The van der Waals surface area contributed by atoms with Gasteiger partial charge in [0.2, 0.25) is 5.91 Å². The number of amides is 2. The molecular formula is C19H23N3O2S. The van der Waals surface area contributed by atoms with Crippen LogP contribution >= 0.6 is 11.3 Å². The Morgan fingerprint density at radius 2 is 1.92 bits per heavy atom. The van der Waals surface area contributed by atoms with Gasteiger partial charge in [-0.1, -0.05) is 0 Å². The fourth-order valence-corrected chi connectivity index (χ4v) is 4.80. The highest BCUT2D eigenvalue weighted by molar-refractivity contribution is 7.18. The quantitative estimate of drug-likeness (QED) is 0.829. The number of rotatable bonds is 2. The summed E-state index contributed by atoms with van der Waals surface area (Å²) in [5.74, 6) is 0.112. The van der Waals surface area contributed by atoms with Crippen molar-refractivity contribution in [2.45, 2.75) is 45.1 Å². The maximum atomic E-state index is 13.0. The predicted octanol–water partition coefficient (Wildman–Crippen LogP) is 3.22. The monoisotopic (exact) mass is 357 g/mol. The molecule has 2 aliphatic rings. The second-order valence-corrected chi connectivity index (χ2v) is 8.19. The summed E-state index contributed by atoms with van der Waals surface area (Å²) in [7, 11) is 0. The number of carbonyl (C=O) groups excluding carboxylic acids is 2. The van der Waals surface area contributed by atoms with Gasteiger partial charge in [0.15, 0.2) is 0 Å². The van der Waals surface area contributed by atoms with Crippen LogP contribution in [0.25, 0.3) is 10.2 Å². The molecule has 132 valence electrons. The minimum absolute atomic E-state index is 0.0270. The smallest absolute Gasteiger partial charge is 0.254 e. The van der Waals surface area contributed by atoms with E-state index in [1.54, 1.807) is 16.2 Å². The first-order chi connectivity index (χ1) is 12.1. The zero-order valence-electron chi connectivity index (χ0n) is 14.5. The molecule has 1 atom stereocenters. The van der Waals surface area contributed by atoms with Crippen molar-refractivity contribution in [3.63, 3.8) is 0 Å². The lowest BCUT2D eigenvalue weighted by Crippen LogP contribution is -2.49. The second kappa shape index (κ2) is 6.75. The molecule has 0 N–H and O–H groups in total. The third-order valence-electron chi connectivity index (χ3n) is 5.21. The van der Waals surface area contributed by atoms with E-state index >= 15 is 0 Å². The Balaban J connectivity index is 1.55. The van der Waals surface area contributed by atoms with Gasteiger partial charge in [0.25, 0.3) is 5.91 Å². The predicted molar refractivity (Wildman–Crippen MR) is 98.8 cm³/mol. The molecule has 0 spiro atoms. The number of fused-ring (bicyclic) bond motifs is 1. The Bertz CT molecular complexity index is 810. The summed E-state index contributed by atoms with van der Waals surface area (Å²) in [4.78, 5) is 34.1. The van der Waals surface area contributed by atoms with E-state index in [1.807, 2.05) is 30.0 Å². The largest absolute Gasteiger partial charge is 0.341 e. The lowest BCUT2D eigenvalue weighted by Gasteiger charge is -2.32. The highest BCUT2D eigenvalue weighted by atomic mass is 32.1. The summed E-state index contributed by atoms with van der Waals surface area (Å²) in [6, 6.07) is 5.38. The third kappa shape index (κ3) is 3.15. The van der Waals surface area contributed by atoms with Crippen molar-refractivity contribution in [2.75, 3.05) is 19.6 Å². The van der Waals surface area contributed by atoms with E-state index < -0.39 is 0 Å². The van der Waals surface area contributed by atoms with E-state index in [1.165, 1.54) is 6.42 Å². The highest BCUT2D eigenvalue weighted by Crippen LogP contribution is 2.27. The fraction of sp³-hybridized carbons (Fsp3) is 0.526. The van der Waals surface area contributed by atoms with Gasteiger partial charge in [-0.25, -0.2) is 4.98 Å². The molecule has 2 fully saturated rings. The Kier molecular flexibility index (Phi) is 4.46. The summed E-state index contributed by atoms with van der Waals surface area (Å²) in [5, 5.41) is 0.999. The molecule has 2 aromatic rings. The van der Waals surface area contributed by atoms with E-state index in [-0.39, 0.29) is 17.9 Å².